The monoisotopic (exact) mass is 382 g/mol. The van der Waals surface area contributed by atoms with Crippen LogP contribution in [0.15, 0.2) is 48.7 Å². The third-order valence-corrected chi connectivity index (χ3v) is 4.51. The molecular weight excluding hydrogens is 360 g/mol. The summed E-state index contributed by atoms with van der Waals surface area (Å²) in [5, 5.41) is 0.780. The van der Waals surface area contributed by atoms with Gasteiger partial charge in [0.2, 0.25) is 0 Å². The van der Waals surface area contributed by atoms with Crippen LogP contribution in [0.1, 0.15) is 12.0 Å². The van der Waals surface area contributed by atoms with Crippen LogP contribution in [0.5, 0.6) is 11.5 Å². The molecule has 1 amide bonds. The quantitative estimate of drug-likeness (QED) is 0.654. The molecule has 7 nitrogen and oxygen atoms in total. The molecule has 1 N–H and O–H groups in total. The Morgan fingerprint density at radius 2 is 1.82 bits per heavy atom. The Morgan fingerprint density at radius 1 is 1.07 bits per heavy atom. The smallest absolute Gasteiger partial charge is 0.419 e. The highest BCUT2D eigenvalue weighted by Gasteiger charge is 2.17. The van der Waals surface area contributed by atoms with Crippen molar-refractivity contribution in [3.8, 4) is 11.5 Å². The summed E-state index contributed by atoms with van der Waals surface area (Å²) in [4.78, 5) is 28.7. The molecule has 3 aromatic rings. The predicted octanol–water partition coefficient (Wildman–Crippen LogP) is 3.92. The van der Waals surface area contributed by atoms with E-state index in [1.54, 1.807) is 50.6 Å². The van der Waals surface area contributed by atoms with Gasteiger partial charge in [0.15, 0.2) is 0 Å². The number of nitrogens with one attached hydrogen (secondary N) is 1. The summed E-state index contributed by atoms with van der Waals surface area (Å²) in [5.41, 5.74) is 2.39. The fourth-order valence-corrected chi connectivity index (χ4v) is 2.91. The number of ether oxygens (including phenoxy) is 3. The first-order valence-electron chi connectivity index (χ1n) is 8.79. The second-order valence-electron chi connectivity index (χ2n) is 6.19. The molecule has 3 rings (SSSR count). The average molecular weight is 382 g/mol. The number of amides is 1. The lowest BCUT2D eigenvalue weighted by atomic mass is 10.1. The topological polar surface area (TPSA) is 80.9 Å². The minimum absolute atomic E-state index is 0.248. The number of H-pyrrole nitrogens is 1. The minimum Gasteiger partial charge on any atom is -0.497 e. The van der Waals surface area contributed by atoms with E-state index < -0.39 is 6.09 Å². The van der Waals surface area contributed by atoms with Gasteiger partial charge in [-0.15, -0.1) is 0 Å². The molecule has 0 aliphatic rings. The number of aromatic amines is 1. The summed E-state index contributed by atoms with van der Waals surface area (Å²) in [5.74, 6) is 0.852. The first-order valence-corrected chi connectivity index (χ1v) is 8.79. The van der Waals surface area contributed by atoms with Crippen molar-refractivity contribution in [2.75, 3.05) is 26.2 Å². The summed E-state index contributed by atoms with van der Waals surface area (Å²) < 4.78 is 15.5. The van der Waals surface area contributed by atoms with Gasteiger partial charge in [0.25, 0.3) is 0 Å². The Balaban J connectivity index is 1.81. The molecule has 0 aliphatic carbocycles. The second kappa shape index (κ2) is 8.47. The van der Waals surface area contributed by atoms with Gasteiger partial charge in [0, 0.05) is 36.3 Å². The molecule has 1 heterocycles. The van der Waals surface area contributed by atoms with E-state index in [9.17, 15) is 9.59 Å². The van der Waals surface area contributed by atoms with Crippen LogP contribution in [0.2, 0.25) is 0 Å². The molecule has 0 saturated heterocycles. The van der Waals surface area contributed by atoms with Gasteiger partial charge in [-0.05, 0) is 48.4 Å². The highest BCUT2D eigenvalue weighted by molar-refractivity contribution is 5.94. The number of carbonyl (C=O) groups is 2. The highest BCUT2D eigenvalue weighted by Crippen LogP contribution is 2.30. The third-order valence-electron chi connectivity index (χ3n) is 4.51. The van der Waals surface area contributed by atoms with Crippen LogP contribution in [0.3, 0.4) is 0 Å². The molecule has 0 fully saturated rings. The lowest BCUT2D eigenvalue weighted by molar-refractivity contribution is -0.140. The number of esters is 1. The molecule has 1 aromatic heterocycles. The molecule has 146 valence electrons. The van der Waals surface area contributed by atoms with Gasteiger partial charge in [-0.1, -0.05) is 6.07 Å². The number of carbonyl (C=O) groups excluding carboxylic acids is 2. The zero-order valence-electron chi connectivity index (χ0n) is 16.0. The minimum atomic E-state index is -0.516. The molecule has 0 aliphatic heterocycles. The van der Waals surface area contributed by atoms with Crippen LogP contribution < -0.4 is 14.4 Å². The van der Waals surface area contributed by atoms with Crippen molar-refractivity contribution in [1.29, 1.82) is 0 Å². The van der Waals surface area contributed by atoms with E-state index >= 15 is 0 Å². The number of fused-ring (bicyclic) bond motifs is 1. The van der Waals surface area contributed by atoms with Crippen LogP contribution in [0.25, 0.3) is 10.9 Å². The number of benzene rings is 2. The molecule has 0 saturated carbocycles. The van der Waals surface area contributed by atoms with Crippen molar-refractivity contribution in [3.05, 3.63) is 54.2 Å². The Kier molecular flexibility index (Phi) is 5.84. The molecule has 2 aromatic carbocycles. The van der Waals surface area contributed by atoms with Gasteiger partial charge in [0.05, 0.1) is 14.2 Å². The van der Waals surface area contributed by atoms with Gasteiger partial charge in [-0.25, -0.2) is 4.79 Å². The van der Waals surface area contributed by atoms with E-state index in [1.807, 2.05) is 12.3 Å². The van der Waals surface area contributed by atoms with Crippen LogP contribution in [0.4, 0.5) is 10.5 Å². The number of aryl methyl sites for hydroxylation is 1. The van der Waals surface area contributed by atoms with Crippen molar-refractivity contribution < 1.29 is 23.8 Å². The number of rotatable bonds is 6. The Hall–Kier alpha value is -3.48. The van der Waals surface area contributed by atoms with Crippen molar-refractivity contribution in [1.82, 2.24) is 4.98 Å². The van der Waals surface area contributed by atoms with Crippen LogP contribution >= 0.6 is 0 Å². The lowest BCUT2D eigenvalue weighted by Gasteiger charge is -2.18. The van der Waals surface area contributed by atoms with E-state index in [2.05, 4.69) is 4.98 Å². The fourth-order valence-electron chi connectivity index (χ4n) is 2.91. The van der Waals surface area contributed by atoms with E-state index in [-0.39, 0.29) is 12.4 Å². The summed E-state index contributed by atoms with van der Waals surface area (Å²) >= 11 is 0. The first-order chi connectivity index (χ1) is 13.5. The Labute approximate surface area is 162 Å². The van der Waals surface area contributed by atoms with Crippen LogP contribution in [-0.4, -0.2) is 38.3 Å². The second-order valence-corrected chi connectivity index (χ2v) is 6.19. The van der Waals surface area contributed by atoms with E-state index in [1.165, 1.54) is 12.0 Å². The summed E-state index contributed by atoms with van der Waals surface area (Å²) in [6.07, 6.45) is 2.03. The molecule has 0 radical (unpaired) electrons. The van der Waals surface area contributed by atoms with Crippen molar-refractivity contribution >= 4 is 28.7 Å². The van der Waals surface area contributed by atoms with E-state index in [0.717, 1.165) is 16.5 Å². The summed E-state index contributed by atoms with van der Waals surface area (Å²) in [6.45, 7) is 0. The molecule has 0 spiro atoms. The molecule has 0 atom stereocenters. The van der Waals surface area contributed by atoms with Gasteiger partial charge < -0.3 is 19.2 Å². The molecule has 0 unspecified atom stereocenters. The standard InChI is InChI=1S/C21H22N2O5/c1-23(15-8-10-16(26-2)11-9-15)21(25)28-18-6-4-5-17-20(18)14(13-22-17)7-12-19(24)27-3/h4-6,8-11,13,22H,7,12H2,1-3H3. The number of hydrogen-bond donors (Lipinski definition) is 1. The Morgan fingerprint density at radius 3 is 2.50 bits per heavy atom. The lowest BCUT2D eigenvalue weighted by Crippen LogP contribution is -2.29. The van der Waals surface area contributed by atoms with Crippen molar-refractivity contribution in [2.24, 2.45) is 0 Å². The van der Waals surface area contributed by atoms with Gasteiger partial charge in [-0.3, -0.25) is 9.69 Å². The number of methoxy groups -OCH3 is 2. The molecule has 28 heavy (non-hydrogen) atoms. The molecular formula is C21H22N2O5. The van der Waals surface area contributed by atoms with Gasteiger partial charge >= 0.3 is 12.1 Å². The zero-order chi connectivity index (χ0) is 20.1. The first kappa shape index (κ1) is 19.3. The van der Waals surface area contributed by atoms with Crippen molar-refractivity contribution in [3.63, 3.8) is 0 Å². The number of nitrogens with zero attached hydrogens (tertiary/aromatic N) is 1. The predicted molar refractivity (Wildman–Crippen MR) is 106 cm³/mol. The Bertz CT molecular complexity index is 978. The SMILES string of the molecule is COC(=O)CCc1c[nH]c2cccc(OC(=O)N(C)c3ccc(OC)cc3)c12. The van der Waals surface area contributed by atoms with E-state index in [4.69, 9.17) is 14.2 Å². The maximum Gasteiger partial charge on any atom is 0.419 e. The van der Waals surface area contributed by atoms with Gasteiger partial charge in [0.1, 0.15) is 11.5 Å². The summed E-state index contributed by atoms with van der Waals surface area (Å²) in [6, 6.07) is 12.5. The number of hydrogen-bond acceptors (Lipinski definition) is 5. The zero-order valence-corrected chi connectivity index (χ0v) is 16.0. The van der Waals surface area contributed by atoms with Crippen LogP contribution in [0, 0.1) is 0 Å². The largest absolute Gasteiger partial charge is 0.497 e. The number of aromatic nitrogens is 1. The summed E-state index contributed by atoms with van der Waals surface area (Å²) in [7, 11) is 4.58. The maximum atomic E-state index is 12.6. The highest BCUT2D eigenvalue weighted by atomic mass is 16.6. The third kappa shape index (κ3) is 4.09. The molecule has 0 bridgehead atoms. The van der Waals surface area contributed by atoms with Crippen LogP contribution in [-0.2, 0) is 16.0 Å². The van der Waals surface area contributed by atoms with Gasteiger partial charge in [-0.2, -0.15) is 0 Å². The van der Waals surface area contributed by atoms with E-state index in [0.29, 0.717) is 23.6 Å². The average Bonchev–Trinajstić information content (AvgIpc) is 3.15. The number of anilines is 1. The molecule has 7 heteroatoms. The normalized spacial score (nSPS) is 10.5. The van der Waals surface area contributed by atoms with Crippen molar-refractivity contribution in [2.45, 2.75) is 12.8 Å². The maximum absolute atomic E-state index is 12.6. The fraction of sp³-hybridized carbons (Fsp3) is 0.238.